The van der Waals surface area contributed by atoms with E-state index in [9.17, 15) is 4.79 Å². The van der Waals surface area contributed by atoms with Crippen LogP contribution in [0.15, 0.2) is 18.2 Å². The van der Waals surface area contributed by atoms with Crippen molar-refractivity contribution in [2.75, 3.05) is 12.4 Å². The molecule has 0 saturated heterocycles. The van der Waals surface area contributed by atoms with Gasteiger partial charge in [-0.1, -0.05) is 26.0 Å². The van der Waals surface area contributed by atoms with Gasteiger partial charge in [0.1, 0.15) is 0 Å². The van der Waals surface area contributed by atoms with Crippen LogP contribution in [0.2, 0.25) is 0 Å². The third-order valence-electron chi connectivity index (χ3n) is 4.82. The second kappa shape index (κ2) is 4.55. The molecule has 3 unspecified atom stereocenters. The lowest BCUT2D eigenvalue weighted by atomic mass is 9.85. The van der Waals surface area contributed by atoms with Crippen LogP contribution in [-0.4, -0.2) is 13.2 Å². The van der Waals surface area contributed by atoms with Crippen LogP contribution in [0.5, 0.6) is 0 Å². The standard InChI is InChI=1S/C16H21NO2/c1-9(2)14-11-7-8-12(14)15-10(11)5-4-6-13(15)17-16(18)19-3/h4-6,9,11-12,14H,7-8H2,1-3H3,(H,17,18). The van der Waals surface area contributed by atoms with Crippen LogP contribution in [0.3, 0.4) is 0 Å². The van der Waals surface area contributed by atoms with Crippen LogP contribution in [0.4, 0.5) is 10.5 Å². The molecule has 2 bridgehead atoms. The van der Waals surface area contributed by atoms with Gasteiger partial charge in [0.2, 0.25) is 0 Å². The molecule has 3 rings (SSSR count). The fourth-order valence-electron chi connectivity index (χ4n) is 4.24. The van der Waals surface area contributed by atoms with E-state index >= 15 is 0 Å². The Labute approximate surface area is 114 Å². The minimum Gasteiger partial charge on any atom is -0.453 e. The Morgan fingerprint density at radius 1 is 1.32 bits per heavy atom. The smallest absolute Gasteiger partial charge is 0.411 e. The van der Waals surface area contributed by atoms with Gasteiger partial charge in [0.15, 0.2) is 0 Å². The molecular weight excluding hydrogens is 238 g/mol. The lowest BCUT2D eigenvalue weighted by Crippen LogP contribution is -2.15. The lowest BCUT2D eigenvalue weighted by Gasteiger charge is -2.20. The van der Waals surface area contributed by atoms with Crippen molar-refractivity contribution < 1.29 is 9.53 Å². The minimum absolute atomic E-state index is 0.378. The fourth-order valence-corrected chi connectivity index (χ4v) is 4.24. The maximum absolute atomic E-state index is 11.5. The van der Waals surface area contributed by atoms with E-state index in [1.54, 1.807) is 0 Å². The molecule has 1 fully saturated rings. The third kappa shape index (κ3) is 1.83. The summed E-state index contributed by atoms with van der Waals surface area (Å²) in [6.07, 6.45) is 2.17. The Kier molecular flexibility index (Phi) is 3.00. The van der Waals surface area contributed by atoms with Gasteiger partial charge in [-0.05, 0) is 53.7 Å². The van der Waals surface area contributed by atoms with E-state index in [1.807, 2.05) is 12.1 Å². The van der Waals surface area contributed by atoms with E-state index in [0.717, 1.165) is 11.6 Å². The van der Waals surface area contributed by atoms with Crippen LogP contribution in [0.25, 0.3) is 0 Å². The van der Waals surface area contributed by atoms with E-state index < -0.39 is 0 Å². The van der Waals surface area contributed by atoms with Crippen molar-refractivity contribution in [1.29, 1.82) is 0 Å². The Balaban J connectivity index is 2.00. The highest BCUT2D eigenvalue weighted by molar-refractivity contribution is 5.86. The first-order valence-electron chi connectivity index (χ1n) is 7.11. The Morgan fingerprint density at radius 3 is 2.74 bits per heavy atom. The van der Waals surface area contributed by atoms with Crippen molar-refractivity contribution in [3.05, 3.63) is 29.3 Å². The Morgan fingerprint density at radius 2 is 2.05 bits per heavy atom. The molecule has 1 saturated carbocycles. The number of fused-ring (bicyclic) bond motifs is 5. The molecule has 1 amide bonds. The highest BCUT2D eigenvalue weighted by atomic mass is 16.5. The van der Waals surface area contributed by atoms with Crippen molar-refractivity contribution in [2.45, 2.75) is 38.5 Å². The summed E-state index contributed by atoms with van der Waals surface area (Å²) in [6, 6.07) is 6.27. The number of anilines is 1. The van der Waals surface area contributed by atoms with Crippen LogP contribution in [0.1, 0.15) is 49.7 Å². The van der Waals surface area contributed by atoms with Crippen molar-refractivity contribution in [3.8, 4) is 0 Å². The zero-order valence-electron chi connectivity index (χ0n) is 11.8. The molecule has 102 valence electrons. The lowest BCUT2D eigenvalue weighted by molar-refractivity contribution is 0.187. The van der Waals surface area contributed by atoms with Gasteiger partial charge in [-0.2, -0.15) is 0 Å². The monoisotopic (exact) mass is 259 g/mol. The average molecular weight is 259 g/mol. The summed E-state index contributed by atoms with van der Waals surface area (Å²) in [5.74, 6) is 2.71. The van der Waals surface area contributed by atoms with Crippen molar-refractivity contribution in [3.63, 3.8) is 0 Å². The molecule has 0 heterocycles. The first kappa shape index (κ1) is 12.5. The molecule has 2 aliphatic rings. The molecule has 1 N–H and O–H groups in total. The van der Waals surface area contributed by atoms with Gasteiger partial charge in [-0.25, -0.2) is 4.79 Å². The SMILES string of the molecule is COC(=O)Nc1cccc2c1C1CCC2C1C(C)C. The van der Waals surface area contributed by atoms with Gasteiger partial charge >= 0.3 is 6.09 Å². The van der Waals surface area contributed by atoms with Crippen molar-refractivity contribution in [2.24, 2.45) is 11.8 Å². The predicted octanol–water partition coefficient (Wildman–Crippen LogP) is 4.11. The number of amides is 1. The molecule has 3 atom stereocenters. The van der Waals surface area contributed by atoms with Crippen molar-refractivity contribution in [1.82, 2.24) is 0 Å². The summed E-state index contributed by atoms with van der Waals surface area (Å²) in [4.78, 5) is 11.5. The quantitative estimate of drug-likeness (QED) is 0.868. The van der Waals surface area contributed by atoms with Gasteiger partial charge < -0.3 is 4.74 Å². The Bertz CT molecular complexity index is 509. The summed E-state index contributed by atoms with van der Waals surface area (Å²) >= 11 is 0. The maximum atomic E-state index is 11.5. The topological polar surface area (TPSA) is 38.3 Å². The van der Waals surface area contributed by atoms with E-state index in [4.69, 9.17) is 4.74 Å². The molecule has 1 aromatic carbocycles. The van der Waals surface area contributed by atoms with Crippen LogP contribution < -0.4 is 5.32 Å². The zero-order valence-corrected chi connectivity index (χ0v) is 11.8. The molecule has 3 heteroatoms. The first-order valence-corrected chi connectivity index (χ1v) is 7.11. The molecule has 1 aromatic rings. The second-order valence-electron chi connectivity index (χ2n) is 6.04. The normalized spacial score (nSPS) is 27.5. The van der Waals surface area contributed by atoms with E-state index in [-0.39, 0.29) is 6.09 Å². The number of rotatable bonds is 2. The third-order valence-corrected chi connectivity index (χ3v) is 4.82. The van der Waals surface area contributed by atoms with Gasteiger partial charge in [-0.3, -0.25) is 5.32 Å². The summed E-state index contributed by atoms with van der Waals surface area (Å²) in [7, 11) is 1.40. The molecular formula is C16H21NO2. The fraction of sp³-hybridized carbons (Fsp3) is 0.562. The largest absolute Gasteiger partial charge is 0.453 e. The molecule has 0 spiro atoms. The van der Waals surface area contributed by atoms with Crippen molar-refractivity contribution >= 4 is 11.8 Å². The number of carbonyl (C=O) groups excluding carboxylic acids is 1. The first-order chi connectivity index (χ1) is 9.13. The number of ether oxygens (including phenoxy) is 1. The molecule has 19 heavy (non-hydrogen) atoms. The number of hydrogen-bond acceptors (Lipinski definition) is 2. The van der Waals surface area contributed by atoms with Crippen LogP contribution in [0, 0.1) is 11.8 Å². The number of methoxy groups -OCH3 is 1. The highest BCUT2D eigenvalue weighted by Gasteiger charge is 2.47. The number of benzene rings is 1. The predicted molar refractivity (Wildman–Crippen MR) is 75.5 cm³/mol. The number of hydrogen-bond donors (Lipinski definition) is 1. The summed E-state index contributed by atoms with van der Waals surface area (Å²) < 4.78 is 4.72. The van der Waals surface area contributed by atoms with E-state index in [0.29, 0.717) is 17.8 Å². The van der Waals surface area contributed by atoms with Gasteiger partial charge in [-0.15, -0.1) is 0 Å². The average Bonchev–Trinajstić information content (AvgIpc) is 2.95. The van der Waals surface area contributed by atoms with Gasteiger partial charge in [0.05, 0.1) is 7.11 Å². The second-order valence-corrected chi connectivity index (χ2v) is 6.04. The molecule has 0 radical (unpaired) electrons. The maximum Gasteiger partial charge on any atom is 0.411 e. The molecule has 3 nitrogen and oxygen atoms in total. The molecule has 0 aliphatic heterocycles. The van der Waals surface area contributed by atoms with E-state index in [1.165, 1.54) is 31.1 Å². The Hall–Kier alpha value is -1.51. The summed E-state index contributed by atoms with van der Waals surface area (Å²) in [6.45, 7) is 4.63. The number of carbonyl (C=O) groups is 1. The summed E-state index contributed by atoms with van der Waals surface area (Å²) in [5, 5.41) is 2.88. The zero-order chi connectivity index (χ0) is 13.6. The molecule has 2 aliphatic carbocycles. The van der Waals surface area contributed by atoms with E-state index in [2.05, 4.69) is 25.2 Å². The highest BCUT2D eigenvalue weighted by Crippen LogP contribution is 2.61. The summed E-state index contributed by atoms with van der Waals surface area (Å²) in [5.41, 5.74) is 3.76. The minimum atomic E-state index is -0.378. The van der Waals surface area contributed by atoms with Crippen LogP contribution in [-0.2, 0) is 4.74 Å². The van der Waals surface area contributed by atoms with Crippen LogP contribution >= 0.6 is 0 Å². The molecule has 0 aromatic heterocycles. The number of nitrogens with one attached hydrogen (secondary N) is 1. The van der Waals surface area contributed by atoms with Gasteiger partial charge in [0.25, 0.3) is 0 Å². The van der Waals surface area contributed by atoms with Gasteiger partial charge in [0, 0.05) is 5.69 Å².